The van der Waals surface area contributed by atoms with Crippen molar-refractivity contribution < 1.29 is 14.3 Å². The molecule has 3 aromatic heterocycles. The third kappa shape index (κ3) is 3.87. The van der Waals surface area contributed by atoms with Crippen molar-refractivity contribution in [2.24, 2.45) is 0 Å². The quantitative estimate of drug-likeness (QED) is 0.496. The van der Waals surface area contributed by atoms with Crippen molar-refractivity contribution in [3.63, 3.8) is 0 Å². The number of anilines is 2. The molecule has 0 saturated heterocycles. The van der Waals surface area contributed by atoms with E-state index in [0.29, 0.717) is 35.6 Å². The first-order valence-corrected chi connectivity index (χ1v) is 11.2. The zero-order valence-corrected chi connectivity index (χ0v) is 19.5. The summed E-state index contributed by atoms with van der Waals surface area (Å²) in [6, 6.07) is 5.57. The third-order valence-electron chi connectivity index (χ3n) is 6.40. The highest BCUT2D eigenvalue weighted by atomic mass is 16.6. The Morgan fingerprint density at radius 2 is 1.94 bits per heavy atom. The van der Waals surface area contributed by atoms with Gasteiger partial charge in [-0.3, -0.25) is 0 Å². The molecule has 3 aromatic rings. The second-order valence-electron chi connectivity index (χ2n) is 8.85. The minimum atomic E-state index is -0.606. The minimum Gasteiger partial charge on any atom is -0.477 e. The lowest BCUT2D eigenvalue weighted by Crippen LogP contribution is -2.39. The molecule has 0 aromatic carbocycles. The van der Waals surface area contributed by atoms with E-state index in [0.717, 1.165) is 28.5 Å². The summed E-state index contributed by atoms with van der Waals surface area (Å²) in [5.74, 6) is 1.89. The van der Waals surface area contributed by atoms with Gasteiger partial charge in [0.2, 0.25) is 5.88 Å². The second kappa shape index (κ2) is 8.37. The van der Waals surface area contributed by atoms with E-state index in [2.05, 4.69) is 29.1 Å². The van der Waals surface area contributed by atoms with Gasteiger partial charge in [0.15, 0.2) is 0 Å². The van der Waals surface area contributed by atoms with Crippen LogP contribution in [0.5, 0.6) is 5.88 Å². The van der Waals surface area contributed by atoms with Gasteiger partial charge < -0.3 is 14.8 Å². The highest BCUT2D eigenvalue weighted by molar-refractivity contribution is 5.93. The van der Waals surface area contributed by atoms with Crippen molar-refractivity contribution >= 4 is 28.4 Å². The van der Waals surface area contributed by atoms with E-state index in [9.17, 15) is 4.79 Å². The molecule has 4 rings (SSSR count). The van der Waals surface area contributed by atoms with E-state index in [4.69, 9.17) is 14.5 Å². The Morgan fingerprint density at radius 1 is 1.16 bits per heavy atom. The predicted molar refractivity (Wildman–Crippen MR) is 125 cm³/mol. The van der Waals surface area contributed by atoms with E-state index in [-0.39, 0.29) is 11.9 Å². The monoisotopic (exact) mass is 434 g/mol. The number of nitrogens with one attached hydrogen (secondary N) is 1. The lowest BCUT2D eigenvalue weighted by molar-refractivity contribution is -0.0189. The van der Waals surface area contributed by atoms with Gasteiger partial charge in [-0.2, -0.15) is 0 Å². The summed E-state index contributed by atoms with van der Waals surface area (Å²) >= 11 is 0. The Hall–Kier alpha value is -3.22. The van der Waals surface area contributed by atoms with Gasteiger partial charge in [0.05, 0.1) is 23.3 Å². The number of carbonyl (C=O) groups excluding carboxylic acids is 1. The van der Waals surface area contributed by atoms with Gasteiger partial charge in [0.1, 0.15) is 17.2 Å². The van der Waals surface area contributed by atoms with Gasteiger partial charge >= 0.3 is 5.97 Å². The van der Waals surface area contributed by atoms with Crippen molar-refractivity contribution in [2.75, 3.05) is 11.9 Å². The van der Waals surface area contributed by atoms with E-state index in [1.54, 1.807) is 18.3 Å². The Kier molecular flexibility index (Phi) is 5.75. The summed E-state index contributed by atoms with van der Waals surface area (Å²) in [6.45, 7) is 12.7. The van der Waals surface area contributed by atoms with Gasteiger partial charge in [-0.15, -0.1) is 0 Å². The minimum absolute atomic E-state index is 0.0293. The SMILES string of the molecule is CCOc1ncc(C(C)CC)c2cc(Nc3ccc4c(n3)C(C)C(C)(C)OC4=O)ncc12. The van der Waals surface area contributed by atoms with E-state index < -0.39 is 5.60 Å². The van der Waals surface area contributed by atoms with Crippen molar-refractivity contribution in [3.05, 3.63) is 47.4 Å². The molecule has 0 amide bonds. The molecule has 0 radical (unpaired) electrons. The molecule has 7 nitrogen and oxygen atoms in total. The van der Waals surface area contributed by atoms with Crippen LogP contribution in [0.3, 0.4) is 0 Å². The van der Waals surface area contributed by atoms with Crippen molar-refractivity contribution in [1.29, 1.82) is 0 Å². The van der Waals surface area contributed by atoms with Crippen LogP contribution >= 0.6 is 0 Å². The number of ether oxygens (including phenoxy) is 2. The molecular formula is C25H30N4O3. The van der Waals surface area contributed by atoms with E-state index >= 15 is 0 Å². The number of fused-ring (bicyclic) bond motifs is 2. The number of nitrogens with zero attached hydrogens (tertiary/aromatic N) is 3. The first-order valence-electron chi connectivity index (χ1n) is 11.2. The van der Waals surface area contributed by atoms with Gasteiger partial charge in [0, 0.05) is 18.3 Å². The van der Waals surface area contributed by atoms with Crippen LogP contribution in [0.15, 0.2) is 30.6 Å². The van der Waals surface area contributed by atoms with Crippen LogP contribution in [0.4, 0.5) is 11.6 Å². The summed E-state index contributed by atoms with van der Waals surface area (Å²) in [6.07, 6.45) is 4.70. The molecule has 4 heterocycles. The molecule has 2 atom stereocenters. The van der Waals surface area contributed by atoms with Crippen LogP contribution in [-0.2, 0) is 4.74 Å². The molecule has 0 saturated carbocycles. The molecule has 0 bridgehead atoms. The molecular weight excluding hydrogens is 404 g/mol. The number of pyridine rings is 3. The zero-order valence-electron chi connectivity index (χ0n) is 19.5. The number of esters is 1. The number of aromatic nitrogens is 3. The lowest BCUT2D eigenvalue weighted by Gasteiger charge is -2.36. The fourth-order valence-electron chi connectivity index (χ4n) is 3.95. The molecule has 32 heavy (non-hydrogen) atoms. The van der Waals surface area contributed by atoms with E-state index in [1.165, 1.54) is 0 Å². The van der Waals surface area contributed by atoms with Crippen molar-refractivity contribution in [1.82, 2.24) is 15.0 Å². The number of hydrogen-bond donors (Lipinski definition) is 1. The number of hydrogen-bond acceptors (Lipinski definition) is 7. The number of rotatable bonds is 6. The van der Waals surface area contributed by atoms with Crippen molar-refractivity contribution in [3.8, 4) is 5.88 Å². The van der Waals surface area contributed by atoms with Crippen LogP contribution in [0.2, 0.25) is 0 Å². The predicted octanol–water partition coefficient (Wildman–Crippen LogP) is 5.73. The average molecular weight is 435 g/mol. The Morgan fingerprint density at radius 3 is 2.66 bits per heavy atom. The summed E-state index contributed by atoms with van der Waals surface area (Å²) in [4.78, 5) is 26.2. The van der Waals surface area contributed by atoms with Crippen LogP contribution in [0.25, 0.3) is 10.8 Å². The molecule has 7 heteroatoms. The molecule has 168 valence electrons. The topological polar surface area (TPSA) is 86.2 Å². The van der Waals surface area contributed by atoms with Crippen LogP contribution < -0.4 is 10.1 Å². The normalized spacial score (nSPS) is 18.1. The molecule has 2 unspecified atom stereocenters. The molecule has 1 aliphatic heterocycles. The molecule has 0 spiro atoms. The number of carbonyl (C=O) groups is 1. The fourth-order valence-corrected chi connectivity index (χ4v) is 3.95. The first kappa shape index (κ1) is 22.0. The smallest absolute Gasteiger partial charge is 0.340 e. The fraction of sp³-hybridized carbons (Fsp3) is 0.440. The van der Waals surface area contributed by atoms with Gasteiger partial charge in [-0.05, 0) is 62.3 Å². The highest BCUT2D eigenvalue weighted by Gasteiger charge is 2.40. The largest absolute Gasteiger partial charge is 0.477 e. The zero-order chi connectivity index (χ0) is 23.0. The summed E-state index contributed by atoms with van der Waals surface area (Å²) in [5.41, 5.74) is 1.80. The Labute approximate surface area is 188 Å². The van der Waals surface area contributed by atoms with Gasteiger partial charge in [-0.1, -0.05) is 20.8 Å². The summed E-state index contributed by atoms with van der Waals surface area (Å²) < 4.78 is 11.3. The van der Waals surface area contributed by atoms with Crippen LogP contribution in [0, 0.1) is 0 Å². The molecule has 0 fully saturated rings. The maximum atomic E-state index is 12.4. The van der Waals surface area contributed by atoms with Crippen LogP contribution in [-0.4, -0.2) is 33.1 Å². The lowest BCUT2D eigenvalue weighted by atomic mass is 9.84. The van der Waals surface area contributed by atoms with Crippen molar-refractivity contribution in [2.45, 2.75) is 65.4 Å². The van der Waals surface area contributed by atoms with E-state index in [1.807, 2.05) is 40.0 Å². The maximum Gasteiger partial charge on any atom is 0.340 e. The van der Waals surface area contributed by atoms with Gasteiger partial charge in [-0.25, -0.2) is 19.7 Å². The van der Waals surface area contributed by atoms with Gasteiger partial charge in [0.25, 0.3) is 0 Å². The summed E-state index contributed by atoms with van der Waals surface area (Å²) in [5, 5.41) is 5.27. The second-order valence-corrected chi connectivity index (χ2v) is 8.85. The average Bonchev–Trinajstić information content (AvgIpc) is 2.77. The Bertz CT molecular complexity index is 1180. The maximum absolute atomic E-state index is 12.4. The first-order chi connectivity index (χ1) is 15.2. The summed E-state index contributed by atoms with van der Waals surface area (Å²) in [7, 11) is 0. The molecule has 1 N–H and O–H groups in total. The van der Waals surface area contributed by atoms with Crippen LogP contribution in [0.1, 0.15) is 81.4 Å². The molecule has 1 aliphatic rings. The third-order valence-corrected chi connectivity index (χ3v) is 6.40. The molecule has 0 aliphatic carbocycles. The standard InChI is InChI=1S/C25H30N4O3/c1-7-14(3)18-12-27-23(31-8-2)19-13-26-21(11-17(18)19)28-20-10-9-16-22(29-20)15(4)25(5,6)32-24(16)30/h9-15H,7-8H2,1-6H3,(H,26,28,29). The highest BCUT2D eigenvalue weighted by Crippen LogP contribution is 2.38. The number of cyclic esters (lactones) is 1. The Balaban J connectivity index is 1.74.